The van der Waals surface area contributed by atoms with Crippen molar-refractivity contribution in [2.24, 2.45) is 0 Å². The molecule has 0 bridgehead atoms. The van der Waals surface area contributed by atoms with Crippen molar-refractivity contribution in [2.45, 2.75) is 31.8 Å². The number of carbonyl (C=O) groups is 11. The van der Waals surface area contributed by atoms with E-state index in [1.807, 2.05) is 48.5 Å². The number of aldehydes is 4. The molecule has 1 unspecified atom stereocenters. The second-order valence-electron chi connectivity index (χ2n) is 22.1. The van der Waals surface area contributed by atoms with Crippen molar-refractivity contribution >= 4 is 83.2 Å². The van der Waals surface area contributed by atoms with E-state index in [2.05, 4.69) is 38.1 Å². The van der Waals surface area contributed by atoms with Crippen LogP contribution >= 0.6 is 0 Å². The summed E-state index contributed by atoms with van der Waals surface area (Å²) in [6, 6.07) is 47.7. The fraction of sp³-hybridized carbons (Fsp3) is 0.110. The lowest BCUT2D eigenvalue weighted by molar-refractivity contribution is 0.0951. The Morgan fingerprint density at radius 3 is 1.18 bits per heavy atom. The number of ketones is 3. The van der Waals surface area contributed by atoms with E-state index >= 15 is 0 Å². The summed E-state index contributed by atoms with van der Waals surface area (Å²) in [6.45, 7) is 2.73. The summed E-state index contributed by atoms with van der Waals surface area (Å²) in [5, 5.41) is 23.7. The smallest absolute Gasteiger partial charge is 0.256 e. The first kappa shape index (κ1) is 60.9. The van der Waals surface area contributed by atoms with E-state index in [1.54, 1.807) is 60.7 Å². The number of benzene rings is 9. The van der Waals surface area contributed by atoms with Crippen molar-refractivity contribution in [2.75, 3.05) is 36.7 Å². The average molecular weight is 1210 g/mol. The molecular weight excluding hydrogens is 1150 g/mol. The standard InChI is InChI=1S/C73H56N6O12/c1-74-69(87)62-26-12-44(30-54(62)40-82)68(86)47-7-11-51(39-81)65(33-47)72(90)77-60-22-16-57(17-23-60)73(91,58-18-24-61(25-19-58)79-36-49-9-5-43(29-53(49)37-79)66(84)42-4-8-48-34-78(3)35-52(48)28-42)56-14-20-59(21-15-56)76-71(89)63-27-13-45(31-55(63)41-83)67(85)46-6-10-50(38-80)64(32-46)70(88)75-2/h4-33,38-41,91H,34-37H2,1-3H3,(H,74,87)(H,75,88)(H,76,89)(H,77,90). The van der Waals surface area contributed by atoms with Crippen LogP contribution in [-0.4, -0.2) is 97.3 Å². The minimum atomic E-state index is -1.90. The number of hydrogen-bond acceptors (Lipinski definition) is 14. The minimum absolute atomic E-state index is 0.0124. The van der Waals surface area contributed by atoms with E-state index in [0.29, 0.717) is 66.1 Å². The van der Waals surface area contributed by atoms with Crippen LogP contribution in [0.25, 0.3) is 0 Å². The zero-order valence-corrected chi connectivity index (χ0v) is 49.3. The molecule has 9 aromatic rings. The second kappa shape index (κ2) is 25.5. The summed E-state index contributed by atoms with van der Waals surface area (Å²) in [7, 11) is 4.84. The van der Waals surface area contributed by atoms with Gasteiger partial charge in [0.05, 0.1) is 16.7 Å². The van der Waals surface area contributed by atoms with Gasteiger partial charge in [0.15, 0.2) is 42.5 Å². The third kappa shape index (κ3) is 12.1. The molecule has 5 N–H and O–H groups in total. The number of fused-ring (bicyclic) bond motifs is 2. The summed E-state index contributed by atoms with van der Waals surface area (Å²) in [5.41, 5.74) is 6.36. The monoisotopic (exact) mass is 1210 g/mol. The van der Waals surface area contributed by atoms with Crippen LogP contribution in [0.2, 0.25) is 0 Å². The van der Waals surface area contributed by atoms with Gasteiger partial charge in [0.25, 0.3) is 23.6 Å². The molecule has 1 atom stereocenters. The summed E-state index contributed by atoms with van der Waals surface area (Å²) >= 11 is 0. The molecule has 9 aromatic carbocycles. The Morgan fingerprint density at radius 2 is 0.714 bits per heavy atom. The van der Waals surface area contributed by atoms with Gasteiger partial charge in [-0.05, 0) is 131 Å². The summed E-state index contributed by atoms with van der Waals surface area (Å²) in [5.74, 6) is -3.71. The van der Waals surface area contributed by atoms with Crippen molar-refractivity contribution in [1.82, 2.24) is 15.5 Å². The van der Waals surface area contributed by atoms with Crippen LogP contribution in [0.4, 0.5) is 17.1 Å². The molecule has 4 amide bonds. The highest BCUT2D eigenvalue weighted by Gasteiger charge is 2.35. The largest absolute Gasteiger partial charge is 0.376 e. The van der Waals surface area contributed by atoms with Crippen molar-refractivity contribution < 1.29 is 57.8 Å². The molecule has 0 aromatic heterocycles. The van der Waals surface area contributed by atoms with Crippen molar-refractivity contribution in [3.63, 3.8) is 0 Å². The van der Waals surface area contributed by atoms with Gasteiger partial charge in [0.1, 0.15) is 5.60 Å². The molecule has 18 heteroatoms. The SMILES string of the molecule is CNC(=O)c1ccc(C(=O)c2ccc(C=O)c(C(=O)Nc3ccc(C(O)(c4ccc(NC(=O)c5ccc(C(=O)c6ccc(C=O)c(C(=O)NC)c6)cc5C=O)cc4)c4ccc(N5Cc6ccc(C(=O)c7ccc8c(c7)CN(C)C8)cc6C5)cc4)cc3)c2)cc1C=O. The lowest BCUT2D eigenvalue weighted by Gasteiger charge is -2.31. The quantitative estimate of drug-likeness (QED) is 0.0270. The number of carbonyl (C=O) groups excluding carboxylic acids is 11. The first-order chi connectivity index (χ1) is 43.9. The van der Waals surface area contributed by atoms with Gasteiger partial charge in [-0.1, -0.05) is 97.1 Å². The maximum atomic E-state index is 14.0. The van der Waals surface area contributed by atoms with E-state index in [0.717, 1.165) is 35.5 Å². The highest BCUT2D eigenvalue weighted by atomic mass is 16.3. The maximum absolute atomic E-state index is 14.0. The molecule has 0 radical (unpaired) electrons. The van der Waals surface area contributed by atoms with Gasteiger partial charge < -0.3 is 31.3 Å². The van der Waals surface area contributed by atoms with Gasteiger partial charge in [-0.25, -0.2) is 0 Å². The Hall–Kier alpha value is -11.7. The first-order valence-corrected chi connectivity index (χ1v) is 28.7. The van der Waals surface area contributed by atoms with Crippen LogP contribution in [0, 0.1) is 0 Å². The molecule has 0 fully saturated rings. The molecule has 2 aliphatic heterocycles. The topological polar surface area (TPSA) is 263 Å². The van der Waals surface area contributed by atoms with Crippen LogP contribution in [0.5, 0.6) is 0 Å². The van der Waals surface area contributed by atoms with E-state index < -0.39 is 40.8 Å². The van der Waals surface area contributed by atoms with Gasteiger partial charge in [-0.15, -0.1) is 0 Å². The zero-order valence-electron chi connectivity index (χ0n) is 49.3. The number of nitrogens with zero attached hydrogens (tertiary/aromatic N) is 2. The molecule has 2 heterocycles. The van der Waals surface area contributed by atoms with E-state index in [4.69, 9.17) is 0 Å². The maximum Gasteiger partial charge on any atom is 0.256 e. The third-order valence-electron chi connectivity index (χ3n) is 16.5. The molecule has 0 saturated heterocycles. The Bertz CT molecular complexity index is 4540. The van der Waals surface area contributed by atoms with Gasteiger partial charge in [0.2, 0.25) is 0 Å². The highest BCUT2D eigenvalue weighted by molar-refractivity contribution is 6.16. The van der Waals surface area contributed by atoms with Crippen molar-refractivity contribution in [3.8, 4) is 0 Å². The first-order valence-electron chi connectivity index (χ1n) is 28.7. The molecule has 0 saturated carbocycles. The zero-order chi connectivity index (χ0) is 64.3. The molecule has 18 nitrogen and oxygen atoms in total. The van der Waals surface area contributed by atoms with Gasteiger partial charge >= 0.3 is 0 Å². The lowest BCUT2D eigenvalue weighted by Crippen LogP contribution is -2.29. The Labute approximate surface area is 521 Å². The molecular formula is C73H56N6O12. The fourth-order valence-electron chi connectivity index (χ4n) is 11.6. The Kier molecular flexibility index (Phi) is 17.1. The molecule has 0 aliphatic carbocycles. The number of hydrogen-bond donors (Lipinski definition) is 5. The van der Waals surface area contributed by atoms with Gasteiger partial charge in [0, 0.05) is 119 Å². The van der Waals surface area contributed by atoms with Crippen LogP contribution in [-0.2, 0) is 31.8 Å². The summed E-state index contributed by atoms with van der Waals surface area (Å²) < 4.78 is 0. The number of rotatable bonds is 20. The Morgan fingerprint density at radius 1 is 0.374 bits per heavy atom. The molecule has 91 heavy (non-hydrogen) atoms. The molecule has 2 aliphatic rings. The van der Waals surface area contributed by atoms with E-state index in [9.17, 15) is 57.8 Å². The number of aliphatic hydroxyl groups is 1. The third-order valence-corrected chi connectivity index (χ3v) is 16.5. The van der Waals surface area contributed by atoms with Crippen LogP contribution in [0.3, 0.4) is 0 Å². The van der Waals surface area contributed by atoms with Gasteiger partial charge in [-0.3, -0.25) is 57.6 Å². The van der Waals surface area contributed by atoms with Gasteiger partial charge in [-0.2, -0.15) is 0 Å². The summed E-state index contributed by atoms with van der Waals surface area (Å²) in [4.78, 5) is 146. The summed E-state index contributed by atoms with van der Waals surface area (Å²) in [6.07, 6.45) is 1.87. The van der Waals surface area contributed by atoms with Crippen molar-refractivity contribution in [1.29, 1.82) is 0 Å². The number of anilines is 3. The van der Waals surface area contributed by atoms with Crippen molar-refractivity contribution in [3.05, 3.63) is 299 Å². The van der Waals surface area contributed by atoms with Crippen LogP contribution in [0.1, 0.15) is 170 Å². The molecule has 11 rings (SSSR count). The number of amides is 4. The van der Waals surface area contributed by atoms with Crippen LogP contribution < -0.4 is 26.2 Å². The average Bonchev–Trinajstić information content (AvgIpc) is 1.84. The fourth-order valence-corrected chi connectivity index (χ4v) is 11.6. The molecule has 450 valence electrons. The highest BCUT2D eigenvalue weighted by Crippen LogP contribution is 2.40. The Balaban J connectivity index is 0.857. The van der Waals surface area contributed by atoms with E-state index in [1.165, 1.54) is 92.5 Å². The predicted octanol–water partition coefficient (Wildman–Crippen LogP) is 9.60. The molecule has 0 spiro atoms. The van der Waals surface area contributed by atoms with Crippen LogP contribution in [0.15, 0.2) is 182 Å². The normalized spacial score (nSPS) is 12.9. The lowest BCUT2D eigenvalue weighted by atomic mass is 9.80. The predicted molar refractivity (Wildman–Crippen MR) is 340 cm³/mol. The second-order valence-corrected chi connectivity index (χ2v) is 22.1. The van der Waals surface area contributed by atoms with E-state index in [-0.39, 0.29) is 83.9 Å². The number of nitrogens with one attached hydrogen (secondary N) is 4. The minimum Gasteiger partial charge on any atom is -0.376 e.